The maximum Gasteiger partial charge on any atom is 0.320 e. The second-order valence-corrected chi connectivity index (χ2v) is 6.71. The summed E-state index contributed by atoms with van der Waals surface area (Å²) in [5, 5.41) is 14.2. The predicted octanol–water partition coefficient (Wildman–Crippen LogP) is 3.96. The summed E-state index contributed by atoms with van der Waals surface area (Å²) < 4.78 is 0. The van der Waals surface area contributed by atoms with Gasteiger partial charge in [-0.05, 0) is 37.5 Å². The molecule has 0 bridgehead atoms. The van der Waals surface area contributed by atoms with Gasteiger partial charge in [-0.25, -0.2) is 4.79 Å². The Bertz CT molecular complexity index is 683. The molecule has 138 valence electrons. The quantitative estimate of drug-likeness (QED) is 0.825. The Labute approximate surface area is 155 Å². The van der Waals surface area contributed by atoms with Crippen molar-refractivity contribution in [3.63, 3.8) is 0 Å². The Morgan fingerprint density at radius 2 is 1.85 bits per heavy atom. The van der Waals surface area contributed by atoms with Crippen molar-refractivity contribution in [1.82, 2.24) is 15.5 Å². The van der Waals surface area contributed by atoms with Crippen molar-refractivity contribution in [1.29, 1.82) is 0 Å². The first-order valence-electron chi connectivity index (χ1n) is 9.44. The second-order valence-electron chi connectivity index (χ2n) is 6.71. The van der Waals surface area contributed by atoms with Gasteiger partial charge in [0.05, 0.1) is 0 Å². The molecule has 0 aliphatic heterocycles. The second kappa shape index (κ2) is 9.17. The summed E-state index contributed by atoms with van der Waals surface area (Å²) in [7, 11) is 0. The average Bonchev–Trinajstić information content (AvgIpc) is 2.68. The molecule has 2 aromatic rings. The van der Waals surface area contributed by atoms with Crippen molar-refractivity contribution < 1.29 is 4.79 Å². The molecule has 2 N–H and O–H groups in total. The molecule has 1 heterocycles. The van der Waals surface area contributed by atoms with Crippen LogP contribution in [0.5, 0.6) is 0 Å². The van der Waals surface area contributed by atoms with Gasteiger partial charge in [-0.3, -0.25) is 5.32 Å². The van der Waals surface area contributed by atoms with Crippen LogP contribution in [-0.2, 0) is 6.54 Å². The molecule has 1 saturated carbocycles. The van der Waals surface area contributed by atoms with Gasteiger partial charge in [-0.1, -0.05) is 49.6 Å². The van der Waals surface area contributed by atoms with E-state index in [0.717, 1.165) is 31.7 Å². The molecular weight excluding hydrogens is 326 g/mol. The van der Waals surface area contributed by atoms with E-state index in [9.17, 15) is 4.79 Å². The number of hydrogen-bond donors (Lipinski definition) is 2. The van der Waals surface area contributed by atoms with Gasteiger partial charge in [-0.2, -0.15) is 0 Å². The van der Waals surface area contributed by atoms with E-state index in [2.05, 4.69) is 44.8 Å². The molecular formula is C20H27N5O. The zero-order valence-corrected chi connectivity index (χ0v) is 15.3. The van der Waals surface area contributed by atoms with Gasteiger partial charge in [0.25, 0.3) is 0 Å². The van der Waals surface area contributed by atoms with Crippen molar-refractivity contribution in [2.75, 3.05) is 16.8 Å². The van der Waals surface area contributed by atoms with E-state index in [1.54, 1.807) is 6.07 Å². The average molecular weight is 353 g/mol. The molecule has 2 amide bonds. The van der Waals surface area contributed by atoms with E-state index in [1.807, 2.05) is 24.3 Å². The minimum Gasteiger partial charge on any atom is -0.351 e. The third-order valence-corrected chi connectivity index (χ3v) is 4.75. The van der Waals surface area contributed by atoms with Crippen molar-refractivity contribution in [3.8, 4) is 0 Å². The monoisotopic (exact) mass is 353 g/mol. The summed E-state index contributed by atoms with van der Waals surface area (Å²) in [5.41, 5.74) is 1.23. The highest BCUT2D eigenvalue weighted by atomic mass is 16.2. The summed E-state index contributed by atoms with van der Waals surface area (Å²) in [6.45, 7) is 3.70. The van der Waals surface area contributed by atoms with E-state index >= 15 is 0 Å². The lowest BCUT2D eigenvalue weighted by molar-refractivity contribution is 0.244. The molecule has 0 saturated heterocycles. The van der Waals surface area contributed by atoms with Gasteiger partial charge in [0.2, 0.25) is 0 Å². The van der Waals surface area contributed by atoms with Crippen molar-refractivity contribution in [2.24, 2.45) is 0 Å². The SMILES string of the molecule is CCN(Cc1ccccc1)c1ccc(NC(=O)NC2CCCCC2)nn1. The van der Waals surface area contributed by atoms with Crippen LogP contribution in [0.1, 0.15) is 44.6 Å². The third kappa shape index (κ3) is 5.18. The fourth-order valence-corrected chi connectivity index (χ4v) is 3.30. The van der Waals surface area contributed by atoms with Crippen LogP contribution < -0.4 is 15.5 Å². The maximum atomic E-state index is 12.1. The molecule has 3 rings (SSSR count). The number of nitrogens with one attached hydrogen (secondary N) is 2. The zero-order chi connectivity index (χ0) is 18.2. The van der Waals surface area contributed by atoms with Gasteiger partial charge < -0.3 is 10.2 Å². The lowest BCUT2D eigenvalue weighted by Crippen LogP contribution is -2.39. The summed E-state index contributed by atoms with van der Waals surface area (Å²) in [5.74, 6) is 1.27. The van der Waals surface area contributed by atoms with E-state index in [0.29, 0.717) is 5.82 Å². The van der Waals surface area contributed by atoms with Crippen LogP contribution in [0.15, 0.2) is 42.5 Å². The molecule has 1 aromatic heterocycles. The molecule has 1 aromatic carbocycles. The number of anilines is 2. The number of aromatic nitrogens is 2. The highest BCUT2D eigenvalue weighted by Crippen LogP contribution is 2.18. The van der Waals surface area contributed by atoms with Crippen molar-refractivity contribution >= 4 is 17.7 Å². The molecule has 6 heteroatoms. The first kappa shape index (κ1) is 18.2. The largest absolute Gasteiger partial charge is 0.351 e. The van der Waals surface area contributed by atoms with Crippen LogP contribution in [0.2, 0.25) is 0 Å². The number of benzene rings is 1. The molecule has 1 fully saturated rings. The van der Waals surface area contributed by atoms with Gasteiger partial charge in [0, 0.05) is 19.1 Å². The third-order valence-electron chi connectivity index (χ3n) is 4.75. The Kier molecular flexibility index (Phi) is 6.41. The summed E-state index contributed by atoms with van der Waals surface area (Å²) in [4.78, 5) is 14.2. The van der Waals surface area contributed by atoms with Crippen LogP contribution in [0.3, 0.4) is 0 Å². The Balaban J connectivity index is 1.55. The normalized spacial score (nSPS) is 14.7. The number of carbonyl (C=O) groups is 1. The Morgan fingerprint density at radius 3 is 2.50 bits per heavy atom. The summed E-state index contributed by atoms with van der Waals surface area (Å²) >= 11 is 0. The Hall–Kier alpha value is -2.63. The van der Waals surface area contributed by atoms with Gasteiger partial charge in [0.15, 0.2) is 11.6 Å². The molecule has 0 unspecified atom stereocenters. The van der Waals surface area contributed by atoms with Crippen LogP contribution in [0.25, 0.3) is 0 Å². The van der Waals surface area contributed by atoms with Gasteiger partial charge >= 0.3 is 6.03 Å². The maximum absolute atomic E-state index is 12.1. The van der Waals surface area contributed by atoms with Crippen molar-refractivity contribution in [2.45, 2.75) is 51.6 Å². The van der Waals surface area contributed by atoms with Gasteiger partial charge in [-0.15, -0.1) is 10.2 Å². The molecule has 0 spiro atoms. The highest BCUT2D eigenvalue weighted by Gasteiger charge is 2.16. The smallest absolute Gasteiger partial charge is 0.320 e. The molecule has 6 nitrogen and oxygen atoms in total. The number of hydrogen-bond acceptors (Lipinski definition) is 4. The molecule has 26 heavy (non-hydrogen) atoms. The fourth-order valence-electron chi connectivity index (χ4n) is 3.30. The van der Waals surface area contributed by atoms with Crippen molar-refractivity contribution in [3.05, 3.63) is 48.0 Å². The molecule has 0 radical (unpaired) electrons. The lowest BCUT2D eigenvalue weighted by Gasteiger charge is -2.23. The van der Waals surface area contributed by atoms with Crippen LogP contribution in [0, 0.1) is 0 Å². The van der Waals surface area contributed by atoms with E-state index in [-0.39, 0.29) is 12.1 Å². The van der Waals surface area contributed by atoms with E-state index < -0.39 is 0 Å². The van der Waals surface area contributed by atoms with Crippen LogP contribution >= 0.6 is 0 Å². The number of nitrogens with zero attached hydrogens (tertiary/aromatic N) is 3. The summed E-state index contributed by atoms with van der Waals surface area (Å²) in [6, 6.07) is 14.1. The molecule has 1 aliphatic carbocycles. The number of urea groups is 1. The first-order valence-corrected chi connectivity index (χ1v) is 9.44. The first-order chi connectivity index (χ1) is 12.7. The van der Waals surface area contributed by atoms with Crippen LogP contribution in [0.4, 0.5) is 16.4 Å². The molecule has 0 atom stereocenters. The zero-order valence-electron chi connectivity index (χ0n) is 15.3. The predicted molar refractivity (Wildman–Crippen MR) is 104 cm³/mol. The topological polar surface area (TPSA) is 70.2 Å². The molecule has 1 aliphatic rings. The minimum atomic E-state index is -0.199. The number of amides is 2. The number of rotatable bonds is 6. The standard InChI is InChI=1S/C20H27N5O/c1-2-25(15-16-9-5-3-6-10-16)19-14-13-18(23-24-19)22-20(26)21-17-11-7-4-8-12-17/h3,5-6,9-10,13-14,17H,2,4,7-8,11-12,15H2,1H3,(H2,21,22,23,26). The highest BCUT2D eigenvalue weighted by molar-refractivity contribution is 5.88. The minimum absolute atomic E-state index is 0.199. The van der Waals surface area contributed by atoms with E-state index in [1.165, 1.54) is 24.8 Å². The lowest BCUT2D eigenvalue weighted by atomic mass is 9.96. The summed E-state index contributed by atoms with van der Waals surface area (Å²) in [6.07, 6.45) is 5.76. The Morgan fingerprint density at radius 1 is 1.08 bits per heavy atom. The van der Waals surface area contributed by atoms with Crippen LogP contribution in [-0.4, -0.2) is 28.8 Å². The van der Waals surface area contributed by atoms with Gasteiger partial charge in [0.1, 0.15) is 0 Å². The fraction of sp³-hybridized carbons (Fsp3) is 0.450. The van der Waals surface area contributed by atoms with E-state index in [4.69, 9.17) is 0 Å². The number of carbonyl (C=O) groups excluding carboxylic acids is 1.